The van der Waals surface area contributed by atoms with Gasteiger partial charge in [0.2, 0.25) is 16.8 Å². The number of carbonyl (C=O) groups is 3. The first-order valence-corrected chi connectivity index (χ1v) is 9.36. The smallest absolute Gasteiger partial charge is 0.252 e. The van der Waals surface area contributed by atoms with Crippen LogP contribution in [0.1, 0.15) is 20.7 Å². The van der Waals surface area contributed by atoms with Gasteiger partial charge in [0.25, 0.3) is 5.91 Å². The molecule has 2 aromatic rings. The van der Waals surface area contributed by atoms with E-state index in [1.165, 1.54) is 28.4 Å². The zero-order valence-electron chi connectivity index (χ0n) is 16.5. The minimum absolute atomic E-state index is 0.158. The summed E-state index contributed by atoms with van der Waals surface area (Å²) < 4.78 is 15.8. The minimum atomic E-state index is -0.450. The Morgan fingerprint density at radius 3 is 2.14 bits per heavy atom. The first kappa shape index (κ1) is 22.1. The molecule has 2 N–H and O–H groups in total. The van der Waals surface area contributed by atoms with Gasteiger partial charge in [-0.2, -0.15) is 0 Å². The van der Waals surface area contributed by atoms with E-state index in [9.17, 15) is 14.4 Å². The van der Waals surface area contributed by atoms with E-state index in [1.807, 2.05) is 0 Å². The number of methoxy groups -OCH3 is 3. The van der Waals surface area contributed by atoms with Gasteiger partial charge in [-0.3, -0.25) is 14.4 Å². The summed E-state index contributed by atoms with van der Waals surface area (Å²) in [6, 6.07) is 9.75. The summed E-state index contributed by atoms with van der Waals surface area (Å²) >= 11 is 0.891. The molecule has 0 bridgehead atoms. The van der Waals surface area contributed by atoms with Crippen molar-refractivity contribution in [2.75, 3.05) is 34.9 Å². The summed E-state index contributed by atoms with van der Waals surface area (Å²) in [5, 5.41) is 4.64. The maximum Gasteiger partial charge on any atom is 0.252 e. The van der Waals surface area contributed by atoms with Crippen molar-refractivity contribution in [3.8, 4) is 17.2 Å². The predicted octanol–water partition coefficient (Wildman–Crippen LogP) is 2.12. The van der Waals surface area contributed by atoms with Crippen LogP contribution in [-0.2, 0) is 4.79 Å². The molecule has 154 valence electrons. The number of ether oxygens (including phenoxy) is 3. The lowest BCUT2D eigenvalue weighted by atomic mass is 10.2. The Morgan fingerprint density at radius 1 is 0.966 bits per heavy atom. The average molecular weight is 418 g/mol. The van der Waals surface area contributed by atoms with Crippen LogP contribution in [-0.4, -0.2) is 51.9 Å². The lowest BCUT2D eigenvalue weighted by molar-refractivity contribution is -0.119. The second kappa shape index (κ2) is 10.4. The highest BCUT2D eigenvalue weighted by Gasteiger charge is 2.20. The van der Waals surface area contributed by atoms with E-state index >= 15 is 0 Å². The van der Waals surface area contributed by atoms with Crippen molar-refractivity contribution < 1.29 is 28.6 Å². The second-order valence-corrected chi connectivity index (χ2v) is 6.67. The zero-order chi connectivity index (χ0) is 21.4. The molecular weight excluding hydrogens is 396 g/mol. The molecule has 0 aliphatic carbocycles. The predicted molar refractivity (Wildman–Crippen MR) is 109 cm³/mol. The van der Waals surface area contributed by atoms with E-state index in [0.717, 1.165) is 11.8 Å². The van der Waals surface area contributed by atoms with E-state index in [4.69, 9.17) is 14.2 Å². The van der Waals surface area contributed by atoms with Crippen molar-refractivity contribution in [3.05, 3.63) is 47.5 Å². The van der Waals surface area contributed by atoms with Crippen LogP contribution >= 0.6 is 11.8 Å². The maximum absolute atomic E-state index is 12.9. The lowest BCUT2D eigenvalue weighted by Crippen LogP contribution is -2.35. The minimum Gasteiger partial charge on any atom is -0.493 e. The van der Waals surface area contributed by atoms with E-state index in [2.05, 4.69) is 10.6 Å². The Hall–Kier alpha value is -3.20. The Kier molecular flexibility index (Phi) is 7.90. The number of hydrogen-bond acceptors (Lipinski definition) is 7. The van der Waals surface area contributed by atoms with Gasteiger partial charge in [0, 0.05) is 17.5 Å². The molecule has 0 unspecified atom stereocenters. The first-order chi connectivity index (χ1) is 13.9. The number of amides is 2. The summed E-state index contributed by atoms with van der Waals surface area (Å²) in [7, 11) is 5.88. The Morgan fingerprint density at radius 2 is 1.59 bits per heavy atom. The number of benzene rings is 2. The molecule has 0 spiro atoms. The van der Waals surface area contributed by atoms with Crippen molar-refractivity contribution >= 4 is 28.7 Å². The third-order valence-corrected chi connectivity index (χ3v) is 4.92. The molecule has 9 heteroatoms. The summed E-state index contributed by atoms with van der Waals surface area (Å²) in [4.78, 5) is 37.1. The van der Waals surface area contributed by atoms with Crippen molar-refractivity contribution in [2.24, 2.45) is 0 Å². The normalized spacial score (nSPS) is 10.1. The fraction of sp³-hybridized carbons (Fsp3) is 0.250. The third kappa shape index (κ3) is 5.41. The molecule has 0 aliphatic rings. The number of likely N-dealkylation sites (N-methyl/N-ethyl adjacent to an activating group) is 1. The fourth-order valence-electron chi connectivity index (χ4n) is 2.45. The van der Waals surface area contributed by atoms with Crippen LogP contribution in [0, 0.1) is 0 Å². The number of hydrogen-bond donors (Lipinski definition) is 2. The molecule has 0 fully saturated rings. The average Bonchev–Trinajstić information content (AvgIpc) is 2.76. The van der Waals surface area contributed by atoms with Gasteiger partial charge in [0.15, 0.2) is 11.5 Å². The standard InChI is InChI=1S/C20H22N2O6S/c1-21-17(23)11-22-19(24)13-7-5-6-8-16(13)29-20(25)12-9-14(26-2)18(28-4)15(10-12)27-3/h5-10H,11H2,1-4H3,(H,21,23)(H,22,24). The van der Waals surface area contributed by atoms with Crippen LogP contribution in [0.15, 0.2) is 41.3 Å². The van der Waals surface area contributed by atoms with Crippen molar-refractivity contribution in [1.29, 1.82) is 0 Å². The molecule has 0 saturated carbocycles. The molecule has 8 nitrogen and oxygen atoms in total. The monoisotopic (exact) mass is 418 g/mol. The van der Waals surface area contributed by atoms with Gasteiger partial charge in [-0.1, -0.05) is 12.1 Å². The molecule has 0 atom stereocenters. The SMILES string of the molecule is CNC(=O)CNC(=O)c1ccccc1SC(=O)c1cc(OC)c(OC)c(OC)c1. The quantitative estimate of drug-likeness (QED) is 0.633. The highest BCUT2D eigenvalue weighted by Crippen LogP contribution is 2.39. The molecule has 2 aromatic carbocycles. The summed E-state index contributed by atoms with van der Waals surface area (Å²) in [5.41, 5.74) is 0.618. The zero-order valence-corrected chi connectivity index (χ0v) is 17.3. The van der Waals surface area contributed by atoms with Crippen molar-refractivity contribution in [2.45, 2.75) is 4.90 Å². The van der Waals surface area contributed by atoms with E-state index in [1.54, 1.807) is 36.4 Å². The third-order valence-electron chi connectivity index (χ3n) is 3.92. The number of rotatable bonds is 8. The number of thioether (sulfide) groups is 1. The van der Waals surface area contributed by atoms with Crippen molar-refractivity contribution in [1.82, 2.24) is 10.6 Å². The molecule has 0 aromatic heterocycles. The van der Waals surface area contributed by atoms with E-state index in [-0.39, 0.29) is 17.6 Å². The van der Waals surface area contributed by atoms with Gasteiger partial charge in [-0.15, -0.1) is 0 Å². The van der Waals surface area contributed by atoms with Gasteiger partial charge >= 0.3 is 0 Å². The fourth-order valence-corrected chi connectivity index (χ4v) is 3.30. The van der Waals surface area contributed by atoms with Crippen LogP contribution in [0.4, 0.5) is 0 Å². The van der Waals surface area contributed by atoms with Crippen LogP contribution in [0.2, 0.25) is 0 Å². The molecular formula is C20H22N2O6S. The van der Waals surface area contributed by atoms with Crippen molar-refractivity contribution in [3.63, 3.8) is 0 Å². The van der Waals surface area contributed by atoms with E-state index < -0.39 is 5.91 Å². The highest BCUT2D eigenvalue weighted by atomic mass is 32.2. The molecule has 2 rings (SSSR count). The van der Waals surface area contributed by atoms with Crippen LogP contribution in [0.5, 0.6) is 17.2 Å². The van der Waals surface area contributed by atoms with E-state index in [0.29, 0.717) is 33.3 Å². The molecule has 0 radical (unpaired) electrons. The lowest BCUT2D eigenvalue weighted by Gasteiger charge is -2.14. The number of carbonyl (C=O) groups excluding carboxylic acids is 3. The topological polar surface area (TPSA) is 103 Å². The highest BCUT2D eigenvalue weighted by molar-refractivity contribution is 8.14. The molecule has 0 heterocycles. The van der Waals surface area contributed by atoms with Crippen LogP contribution < -0.4 is 24.8 Å². The molecule has 0 saturated heterocycles. The Balaban J connectivity index is 2.28. The summed E-state index contributed by atoms with van der Waals surface area (Å²) in [5.74, 6) is 0.316. The maximum atomic E-state index is 12.9. The van der Waals surface area contributed by atoms with Crippen LogP contribution in [0.3, 0.4) is 0 Å². The molecule has 29 heavy (non-hydrogen) atoms. The summed E-state index contributed by atoms with van der Waals surface area (Å²) in [6.07, 6.45) is 0. The largest absolute Gasteiger partial charge is 0.493 e. The second-order valence-electron chi connectivity index (χ2n) is 5.66. The number of nitrogens with one attached hydrogen (secondary N) is 2. The van der Waals surface area contributed by atoms with Gasteiger partial charge < -0.3 is 24.8 Å². The van der Waals surface area contributed by atoms with Gasteiger partial charge in [0.1, 0.15) is 0 Å². The van der Waals surface area contributed by atoms with Gasteiger partial charge in [-0.05, 0) is 36.0 Å². The van der Waals surface area contributed by atoms with Gasteiger partial charge in [0.05, 0.1) is 33.4 Å². The Bertz CT molecular complexity index is 891. The Labute approximate surface area is 172 Å². The molecule has 2 amide bonds. The summed E-state index contributed by atoms with van der Waals surface area (Å²) in [6.45, 7) is -0.158. The van der Waals surface area contributed by atoms with Crippen LogP contribution in [0.25, 0.3) is 0 Å². The molecule has 0 aliphatic heterocycles. The van der Waals surface area contributed by atoms with Gasteiger partial charge in [-0.25, -0.2) is 0 Å². The first-order valence-electron chi connectivity index (χ1n) is 8.55.